The number of benzene rings is 1. The molecule has 0 spiro atoms. The maximum atomic E-state index is 8.85. The van der Waals surface area contributed by atoms with Crippen LogP contribution in [0.1, 0.15) is 46.9 Å². The van der Waals surface area contributed by atoms with Gasteiger partial charge in [0, 0.05) is 17.5 Å². The molecule has 2 nitrogen and oxygen atoms in total. The van der Waals surface area contributed by atoms with Gasteiger partial charge in [0.15, 0.2) is 0 Å². The number of thiophene rings is 1. The second-order valence-electron chi connectivity index (χ2n) is 5.72. The van der Waals surface area contributed by atoms with E-state index < -0.39 is 0 Å². The summed E-state index contributed by atoms with van der Waals surface area (Å²) in [7, 11) is 0. The molecule has 21 heavy (non-hydrogen) atoms. The number of rotatable bonds is 4. The molecular weight excluding hydrogens is 276 g/mol. The Morgan fingerprint density at radius 1 is 1.05 bits per heavy atom. The average Bonchev–Trinajstić information content (AvgIpc) is 3.02. The van der Waals surface area contributed by atoms with Crippen LogP contribution >= 0.6 is 11.3 Å². The Bertz CT molecular complexity index is 604. The third-order valence-corrected chi connectivity index (χ3v) is 5.32. The van der Waals surface area contributed by atoms with Gasteiger partial charge in [-0.3, -0.25) is 0 Å². The summed E-state index contributed by atoms with van der Waals surface area (Å²) in [6, 6.07) is 17.7. The molecule has 0 bridgehead atoms. The zero-order valence-corrected chi connectivity index (χ0v) is 12.9. The molecule has 0 atom stereocenters. The summed E-state index contributed by atoms with van der Waals surface area (Å²) in [5.41, 5.74) is 1.49. The van der Waals surface area contributed by atoms with Crippen LogP contribution in [-0.2, 0) is 6.54 Å². The van der Waals surface area contributed by atoms with E-state index in [1.54, 1.807) is 11.3 Å². The van der Waals surface area contributed by atoms with Gasteiger partial charge in [0.25, 0.3) is 0 Å². The van der Waals surface area contributed by atoms with Gasteiger partial charge in [-0.15, -0.1) is 11.3 Å². The molecule has 3 heteroatoms. The minimum Gasteiger partial charge on any atom is -0.309 e. The highest BCUT2D eigenvalue weighted by Gasteiger charge is 2.21. The normalized spacial score (nSPS) is 21.9. The van der Waals surface area contributed by atoms with E-state index in [0.29, 0.717) is 6.04 Å². The summed E-state index contributed by atoms with van der Waals surface area (Å²) in [5.74, 6) is 0.733. The summed E-state index contributed by atoms with van der Waals surface area (Å²) < 4.78 is 0. The van der Waals surface area contributed by atoms with E-state index in [0.717, 1.165) is 17.3 Å². The minimum atomic E-state index is 0.623. The molecule has 3 rings (SSSR count). The molecule has 1 aliphatic carbocycles. The third kappa shape index (κ3) is 3.72. The Labute approximate surface area is 130 Å². The van der Waals surface area contributed by atoms with Crippen molar-refractivity contribution in [1.29, 1.82) is 5.26 Å². The standard InChI is InChI=1S/C18H20N2S/c19-12-17-10-11-18(21-17)13-20-16-8-6-15(7-9-16)14-4-2-1-3-5-14/h1-5,10-11,15-16,20H,6-9,13H2. The molecule has 108 valence electrons. The first-order valence-corrected chi connectivity index (χ1v) is 8.44. The van der Waals surface area contributed by atoms with E-state index in [1.807, 2.05) is 6.07 Å². The highest BCUT2D eigenvalue weighted by molar-refractivity contribution is 7.12. The molecule has 0 saturated heterocycles. The zero-order valence-electron chi connectivity index (χ0n) is 12.1. The molecule has 1 N–H and O–H groups in total. The van der Waals surface area contributed by atoms with E-state index in [-0.39, 0.29) is 0 Å². The maximum absolute atomic E-state index is 8.85. The Kier molecular flexibility index (Phi) is 4.69. The van der Waals surface area contributed by atoms with Crippen LogP contribution in [0.5, 0.6) is 0 Å². The lowest BCUT2D eigenvalue weighted by Gasteiger charge is -2.29. The molecule has 0 radical (unpaired) electrons. The maximum Gasteiger partial charge on any atom is 0.110 e. The molecule has 2 aromatic rings. The Morgan fingerprint density at radius 3 is 2.48 bits per heavy atom. The quantitative estimate of drug-likeness (QED) is 0.905. The van der Waals surface area contributed by atoms with Crippen LogP contribution in [0.25, 0.3) is 0 Å². The van der Waals surface area contributed by atoms with Crippen LogP contribution in [-0.4, -0.2) is 6.04 Å². The number of nitrogens with one attached hydrogen (secondary N) is 1. The van der Waals surface area contributed by atoms with Gasteiger partial charge < -0.3 is 5.32 Å². The Morgan fingerprint density at radius 2 is 1.81 bits per heavy atom. The Hall–Kier alpha value is -1.63. The predicted molar refractivity (Wildman–Crippen MR) is 87.3 cm³/mol. The summed E-state index contributed by atoms with van der Waals surface area (Å²) >= 11 is 1.60. The molecule has 0 unspecified atom stereocenters. The van der Waals surface area contributed by atoms with Crippen molar-refractivity contribution in [2.75, 3.05) is 0 Å². The van der Waals surface area contributed by atoms with Crippen LogP contribution in [0.2, 0.25) is 0 Å². The van der Waals surface area contributed by atoms with Crippen LogP contribution in [0.3, 0.4) is 0 Å². The van der Waals surface area contributed by atoms with Crippen LogP contribution in [0.4, 0.5) is 0 Å². The predicted octanol–water partition coefficient (Wildman–Crippen LogP) is 4.44. The van der Waals surface area contributed by atoms with Crippen LogP contribution < -0.4 is 5.32 Å². The summed E-state index contributed by atoms with van der Waals surface area (Å²) in [6.45, 7) is 0.896. The van der Waals surface area contributed by atoms with Crippen molar-refractivity contribution >= 4 is 11.3 Å². The molecule has 0 amide bonds. The van der Waals surface area contributed by atoms with Gasteiger partial charge in [0.05, 0.1) is 0 Å². The van der Waals surface area contributed by atoms with Crippen LogP contribution in [0, 0.1) is 11.3 Å². The van der Waals surface area contributed by atoms with E-state index in [9.17, 15) is 0 Å². The zero-order chi connectivity index (χ0) is 14.5. The molecule has 0 aliphatic heterocycles. The molecule has 1 heterocycles. The number of hydrogen-bond acceptors (Lipinski definition) is 3. The van der Waals surface area contributed by atoms with Gasteiger partial charge >= 0.3 is 0 Å². The van der Waals surface area contributed by atoms with Crippen molar-refractivity contribution in [2.45, 2.75) is 44.2 Å². The molecule has 1 aliphatic rings. The van der Waals surface area contributed by atoms with Crippen molar-refractivity contribution in [3.05, 3.63) is 57.8 Å². The number of hydrogen-bond donors (Lipinski definition) is 1. The monoisotopic (exact) mass is 296 g/mol. The number of nitrogens with zero attached hydrogens (tertiary/aromatic N) is 1. The van der Waals surface area contributed by atoms with E-state index in [4.69, 9.17) is 5.26 Å². The first kappa shape index (κ1) is 14.3. The summed E-state index contributed by atoms with van der Waals surface area (Å²) in [4.78, 5) is 2.07. The van der Waals surface area contributed by atoms with E-state index >= 15 is 0 Å². The van der Waals surface area contributed by atoms with Crippen molar-refractivity contribution in [2.24, 2.45) is 0 Å². The first-order chi connectivity index (χ1) is 10.3. The topological polar surface area (TPSA) is 35.8 Å². The first-order valence-electron chi connectivity index (χ1n) is 7.62. The lowest BCUT2D eigenvalue weighted by atomic mass is 9.82. The number of nitriles is 1. The Balaban J connectivity index is 1.47. The molecule has 1 aromatic heterocycles. The van der Waals surface area contributed by atoms with Gasteiger partial charge in [0.2, 0.25) is 0 Å². The third-order valence-electron chi connectivity index (χ3n) is 4.33. The van der Waals surface area contributed by atoms with Crippen molar-refractivity contribution in [3.63, 3.8) is 0 Å². The largest absolute Gasteiger partial charge is 0.309 e. The molecule has 1 fully saturated rings. The molecule has 1 aromatic carbocycles. The smallest absolute Gasteiger partial charge is 0.110 e. The second kappa shape index (κ2) is 6.89. The minimum absolute atomic E-state index is 0.623. The van der Waals surface area contributed by atoms with Gasteiger partial charge in [0.1, 0.15) is 10.9 Å². The SMILES string of the molecule is N#Cc1ccc(CNC2CCC(c3ccccc3)CC2)s1. The van der Waals surface area contributed by atoms with Crippen molar-refractivity contribution in [3.8, 4) is 6.07 Å². The average molecular weight is 296 g/mol. The molecular formula is C18H20N2S. The fraction of sp³-hybridized carbons (Fsp3) is 0.389. The van der Waals surface area contributed by atoms with E-state index in [1.165, 1.54) is 36.1 Å². The lowest BCUT2D eigenvalue weighted by Crippen LogP contribution is -2.32. The fourth-order valence-electron chi connectivity index (χ4n) is 3.13. The van der Waals surface area contributed by atoms with Crippen molar-refractivity contribution in [1.82, 2.24) is 5.32 Å². The summed E-state index contributed by atoms with van der Waals surface area (Å²) in [5, 5.41) is 12.5. The molecule has 1 saturated carbocycles. The van der Waals surface area contributed by atoms with E-state index in [2.05, 4.69) is 47.8 Å². The van der Waals surface area contributed by atoms with Crippen LogP contribution in [0.15, 0.2) is 42.5 Å². The van der Waals surface area contributed by atoms with Crippen molar-refractivity contribution < 1.29 is 0 Å². The van der Waals surface area contributed by atoms with Gasteiger partial charge in [-0.25, -0.2) is 0 Å². The second-order valence-corrected chi connectivity index (χ2v) is 6.89. The lowest BCUT2D eigenvalue weighted by molar-refractivity contribution is 0.342. The highest BCUT2D eigenvalue weighted by Crippen LogP contribution is 2.32. The fourth-order valence-corrected chi connectivity index (χ4v) is 3.89. The van der Waals surface area contributed by atoms with Gasteiger partial charge in [-0.1, -0.05) is 30.3 Å². The van der Waals surface area contributed by atoms with Gasteiger partial charge in [-0.05, 0) is 49.3 Å². The van der Waals surface area contributed by atoms with Gasteiger partial charge in [-0.2, -0.15) is 5.26 Å². The summed E-state index contributed by atoms with van der Waals surface area (Å²) in [6.07, 6.45) is 5.04. The highest BCUT2D eigenvalue weighted by atomic mass is 32.1.